The summed E-state index contributed by atoms with van der Waals surface area (Å²) in [6.07, 6.45) is 9.47. The number of amides is 1. The van der Waals surface area contributed by atoms with Crippen LogP contribution in [0.1, 0.15) is 41.7 Å². The van der Waals surface area contributed by atoms with Crippen LogP contribution in [0.25, 0.3) is 0 Å². The standard InChI is InChI=1S/C21H26N6OS/c22-15-17-16-5-2-1-3-6-18(16)29-20(17)25-19(28)7-10-26-11-13-27(14-12-26)21-23-8-4-9-24-21/h4,8-9H,1-3,5-7,10-14H2,(H,25,28). The van der Waals surface area contributed by atoms with Crippen LogP contribution in [0.5, 0.6) is 0 Å². The van der Waals surface area contributed by atoms with Gasteiger partial charge in [-0.1, -0.05) is 6.42 Å². The maximum Gasteiger partial charge on any atom is 0.226 e. The predicted molar refractivity (Wildman–Crippen MR) is 114 cm³/mol. The number of carbonyl (C=O) groups is 1. The number of piperazine rings is 1. The smallest absolute Gasteiger partial charge is 0.226 e. The van der Waals surface area contributed by atoms with Crippen LogP contribution in [0, 0.1) is 11.3 Å². The molecule has 29 heavy (non-hydrogen) atoms. The molecule has 7 nitrogen and oxygen atoms in total. The highest BCUT2D eigenvalue weighted by Crippen LogP contribution is 2.37. The van der Waals surface area contributed by atoms with Gasteiger partial charge in [0.15, 0.2) is 0 Å². The third-order valence-electron chi connectivity index (χ3n) is 5.65. The summed E-state index contributed by atoms with van der Waals surface area (Å²) in [7, 11) is 0. The molecule has 0 bridgehead atoms. The van der Waals surface area contributed by atoms with E-state index in [1.807, 2.05) is 6.07 Å². The molecule has 0 aromatic carbocycles. The predicted octanol–water partition coefficient (Wildman–Crippen LogP) is 2.83. The van der Waals surface area contributed by atoms with Crippen LogP contribution in [0.3, 0.4) is 0 Å². The first-order chi connectivity index (χ1) is 14.2. The number of aromatic nitrogens is 2. The lowest BCUT2D eigenvalue weighted by Gasteiger charge is -2.34. The molecule has 2 aromatic rings. The lowest BCUT2D eigenvalue weighted by atomic mass is 10.1. The van der Waals surface area contributed by atoms with Gasteiger partial charge in [0.25, 0.3) is 0 Å². The number of hydrogen-bond donors (Lipinski definition) is 1. The first kappa shape index (κ1) is 19.8. The molecule has 1 fully saturated rings. The monoisotopic (exact) mass is 410 g/mol. The van der Waals surface area contributed by atoms with Crippen molar-refractivity contribution in [3.05, 3.63) is 34.5 Å². The van der Waals surface area contributed by atoms with Crippen molar-refractivity contribution in [2.75, 3.05) is 42.9 Å². The first-order valence-electron chi connectivity index (χ1n) is 10.3. The molecular weight excluding hydrogens is 384 g/mol. The highest BCUT2D eigenvalue weighted by molar-refractivity contribution is 7.16. The Balaban J connectivity index is 1.27. The largest absolute Gasteiger partial charge is 0.338 e. The SMILES string of the molecule is N#Cc1c(NC(=O)CCN2CCN(c3ncccn3)CC2)sc2c1CCCCC2. The number of carbonyl (C=O) groups excluding carboxylic acids is 1. The van der Waals surface area contributed by atoms with E-state index in [0.29, 0.717) is 12.0 Å². The summed E-state index contributed by atoms with van der Waals surface area (Å²) in [5.41, 5.74) is 1.86. The second-order valence-electron chi connectivity index (χ2n) is 7.56. The molecular formula is C21H26N6OS. The third kappa shape index (κ3) is 4.74. The van der Waals surface area contributed by atoms with Gasteiger partial charge in [-0.3, -0.25) is 9.69 Å². The molecule has 1 aliphatic carbocycles. The van der Waals surface area contributed by atoms with Gasteiger partial charge in [0.05, 0.1) is 5.56 Å². The minimum Gasteiger partial charge on any atom is -0.338 e. The van der Waals surface area contributed by atoms with Gasteiger partial charge in [0.2, 0.25) is 11.9 Å². The van der Waals surface area contributed by atoms with Gasteiger partial charge in [0.1, 0.15) is 11.1 Å². The Morgan fingerprint density at radius 1 is 1.14 bits per heavy atom. The zero-order valence-electron chi connectivity index (χ0n) is 16.6. The molecule has 152 valence electrons. The molecule has 1 aliphatic heterocycles. The normalized spacial score (nSPS) is 17.3. The summed E-state index contributed by atoms with van der Waals surface area (Å²) >= 11 is 1.60. The molecule has 0 saturated carbocycles. The van der Waals surface area contributed by atoms with Crippen molar-refractivity contribution >= 4 is 28.2 Å². The Hall–Kier alpha value is -2.50. The summed E-state index contributed by atoms with van der Waals surface area (Å²) < 4.78 is 0. The third-order valence-corrected chi connectivity index (χ3v) is 6.86. The summed E-state index contributed by atoms with van der Waals surface area (Å²) in [6.45, 7) is 4.23. The van der Waals surface area contributed by atoms with Crippen LogP contribution >= 0.6 is 11.3 Å². The second-order valence-corrected chi connectivity index (χ2v) is 8.66. The second kappa shape index (κ2) is 9.33. The van der Waals surface area contributed by atoms with Crippen molar-refractivity contribution in [1.29, 1.82) is 5.26 Å². The van der Waals surface area contributed by atoms with Gasteiger partial charge in [0, 0.05) is 56.4 Å². The first-order valence-corrected chi connectivity index (χ1v) is 11.1. The fourth-order valence-electron chi connectivity index (χ4n) is 4.02. The Morgan fingerprint density at radius 3 is 2.66 bits per heavy atom. The molecule has 8 heteroatoms. The van der Waals surface area contributed by atoms with E-state index in [-0.39, 0.29) is 5.91 Å². The van der Waals surface area contributed by atoms with E-state index in [4.69, 9.17) is 0 Å². The number of nitrogens with one attached hydrogen (secondary N) is 1. The zero-order valence-corrected chi connectivity index (χ0v) is 17.4. The average molecular weight is 411 g/mol. The number of nitrogens with zero attached hydrogens (tertiary/aromatic N) is 5. The molecule has 1 saturated heterocycles. The Bertz CT molecular complexity index is 883. The van der Waals surface area contributed by atoms with Crippen LogP contribution in [0.15, 0.2) is 18.5 Å². The van der Waals surface area contributed by atoms with Gasteiger partial charge in [-0.25, -0.2) is 9.97 Å². The van der Waals surface area contributed by atoms with Crippen LogP contribution in [-0.2, 0) is 17.6 Å². The number of anilines is 2. The van der Waals surface area contributed by atoms with E-state index in [1.54, 1.807) is 23.7 Å². The van der Waals surface area contributed by atoms with Crippen LogP contribution in [-0.4, -0.2) is 53.5 Å². The quantitative estimate of drug-likeness (QED) is 0.763. The summed E-state index contributed by atoms with van der Waals surface area (Å²) in [5, 5.41) is 13.4. The minimum atomic E-state index is -0.00766. The van der Waals surface area contributed by atoms with Crippen LogP contribution in [0.4, 0.5) is 10.9 Å². The van der Waals surface area contributed by atoms with Gasteiger partial charge in [-0.15, -0.1) is 11.3 Å². The van der Waals surface area contributed by atoms with Crippen molar-refractivity contribution < 1.29 is 4.79 Å². The van der Waals surface area contributed by atoms with E-state index >= 15 is 0 Å². The van der Waals surface area contributed by atoms with E-state index in [0.717, 1.165) is 62.9 Å². The molecule has 4 rings (SSSR count). The van der Waals surface area contributed by atoms with Crippen molar-refractivity contribution in [3.8, 4) is 6.07 Å². The van der Waals surface area contributed by atoms with Crippen molar-refractivity contribution in [2.45, 2.75) is 38.5 Å². The summed E-state index contributed by atoms with van der Waals surface area (Å²) in [6, 6.07) is 4.15. The summed E-state index contributed by atoms with van der Waals surface area (Å²) in [5.74, 6) is 0.762. The fraction of sp³-hybridized carbons (Fsp3) is 0.524. The molecule has 0 radical (unpaired) electrons. The zero-order chi connectivity index (χ0) is 20.1. The van der Waals surface area contributed by atoms with E-state index in [2.05, 4.69) is 31.2 Å². The van der Waals surface area contributed by atoms with Crippen LogP contribution < -0.4 is 10.2 Å². The molecule has 0 spiro atoms. The lowest BCUT2D eigenvalue weighted by molar-refractivity contribution is -0.116. The van der Waals surface area contributed by atoms with Crippen molar-refractivity contribution in [3.63, 3.8) is 0 Å². The molecule has 1 N–H and O–H groups in total. The number of aryl methyl sites for hydroxylation is 1. The highest BCUT2D eigenvalue weighted by atomic mass is 32.1. The average Bonchev–Trinajstić information content (AvgIpc) is 2.92. The number of hydrogen-bond acceptors (Lipinski definition) is 7. The minimum absolute atomic E-state index is 0.00766. The van der Waals surface area contributed by atoms with Gasteiger partial charge >= 0.3 is 0 Å². The number of nitriles is 1. The Morgan fingerprint density at radius 2 is 1.90 bits per heavy atom. The number of fused-ring (bicyclic) bond motifs is 1. The number of rotatable bonds is 5. The van der Waals surface area contributed by atoms with E-state index < -0.39 is 0 Å². The fourth-order valence-corrected chi connectivity index (χ4v) is 5.28. The Kier molecular flexibility index (Phi) is 6.37. The van der Waals surface area contributed by atoms with Gasteiger partial charge in [-0.05, 0) is 37.3 Å². The van der Waals surface area contributed by atoms with Crippen molar-refractivity contribution in [2.24, 2.45) is 0 Å². The molecule has 0 unspecified atom stereocenters. The lowest BCUT2D eigenvalue weighted by Crippen LogP contribution is -2.47. The molecule has 0 atom stereocenters. The number of thiophene rings is 1. The van der Waals surface area contributed by atoms with Gasteiger partial charge < -0.3 is 10.2 Å². The Labute approximate surface area is 175 Å². The topological polar surface area (TPSA) is 85.2 Å². The van der Waals surface area contributed by atoms with Crippen molar-refractivity contribution in [1.82, 2.24) is 14.9 Å². The van der Waals surface area contributed by atoms with Gasteiger partial charge in [-0.2, -0.15) is 5.26 Å². The van der Waals surface area contributed by atoms with E-state index in [9.17, 15) is 10.1 Å². The highest BCUT2D eigenvalue weighted by Gasteiger charge is 2.22. The molecule has 2 aliphatic rings. The molecule has 3 heterocycles. The van der Waals surface area contributed by atoms with E-state index in [1.165, 1.54) is 23.3 Å². The van der Waals surface area contributed by atoms with Crippen LogP contribution in [0.2, 0.25) is 0 Å². The maximum atomic E-state index is 12.5. The summed E-state index contributed by atoms with van der Waals surface area (Å²) in [4.78, 5) is 26.9. The molecule has 1 amide bonds. The maximum absolute atomic E-state index is 12.5. The molecule has 2 aromatic heterocycles.